The van der Waals surface area contributed by atoms with E-state index >= 15 is 0 Å². The smallest absolute Gasteiger partial charge is 0.224 e. The fourth-order valence-electron chi connectivity index (χ4n) is 3.93. The second-order valence-corrected chi connectivity index (χ2v) is 7.45. The maximum Gasteiger partial charge on any atom is 0.224 e. The van der Waals surface area contributed by atoms with Crippen molar-refractivity contribution in [3.63, 3.8) is 0 Å². The van der Waals surface area contributed by atoms with Crippen LogP contribution in [0.2, 0.25) is 0 Å². The van der Waals surface area contributed by atoms with Crippen molar-refractivity contribution in [1.29, 1.82) is 0 Å². The van der Waals surface area contributed by atoms with Gasteiger partial charge < -0.3 is 11.5 Å². The van der Waals surface area contributed by atoms with E-state index < -0.39 is 5.41 Å². The number of hydrogen-bond donors (Lipinski definition) is 2. The molecule has 2 aliphatic carbocycles. The topological polar surface area (TPSA) is 86.2 Å². The van der Waals surface area contributed by atoms with Gasteiger partial charge in [0.1, 0.15) is 0 Å². The van der Waals surface area contributed by atoms with Crippen molar-refractivity contribution in [1.82, 2.24) is 0 Å². The van der Waals surface area contributed by atoms with Crippen molar-refractivity contribution in [2.75, 3.05) is 0 Å². The number of nitrogens with two attached hydrogens (primary N) is 2. The van der Waals surface area contributed by atoms with E-state index in [9.17, 15) is 9.59 Å². The van der Waals surface area contributed by atoms with Crippen LogP contribution in [0.4, 0.5) is 0 Å². The van der Waals surface area contributed by atoms with Crippen molar-refractivity contribution >= 4 is 11.8 Å². The van der Waals surface area contributed by atoms with Crippen molar-refractivity contribution < 1.29 is 9.59 Å². The molecule has 2 amide bonds. The molecule has 0 saturated heterocycles. The lowest BCUT2D eigenvalue weighted by Crippen LogP contribution is -2.41. The minimum absolute atomic E-state index is 0.272. The van der Waals surface area contributed by atoms with E-state index in [1.54, 1.807) is 0 Å². The molecule has 4 heteroatoms. The molecule has 4 nitrogen and oxygen atoms in total. The molecule has 0 fully saturated rings. The Labute approximate surface area is 154 Å². The first-order chi connectivity index (χ1) is 12.5. The summed E-state index contributed by atoms with van der Waals surface area (Å²) in [5.41, 5.74) is 15.3. The van der Waals surface area contributed by atoms with E-state index in [1.165, 1.54) is 11.1 Å². The molecule has 0 radical (unpaired) electrons. The van der Waals surface area contributed by atoms with Crippen LogP contribution in [0, 0.1) is 5.41 Å². The first-order valence-electron chi connectivity index (χ1n) is 9.21. The van der Waals surface area contributed by atoms with Gasteiger partial charge in [0.2, 0.25) is 11.8 Å². The van der Waals surface area contributed by atoms with E-state index in [4.69, 9.17) is 11.5 Å². The molecule has 2 aromatic carbocycles. The van der Waals surface area contributed by atoms with Crippen LogP contribution in [0.5, 0.6) is 0 Å². The molecule has 0 aliphatic heterocycles. The molecule has 4 bridgehead atoms. The molecule has 0 aromatic heterocycles. The van der Waals surface area contributed by atoms with E-state index in [0.29, 0.717) is 25.7 Å². The average molecular weight is 350 g/mol. The summed E-state index contributed by atoms with van der Waals surface area (Å²) in [6, 6.07) is 16.9. The highest BCUT2D eigenvalue weighted by molar-refractivity contribution is 5.82. The molecular formula is C22H26N2O2. The predicted molar refractivity (Wildman–Crippen MR) is 102 cm³/mol. The fourth-order valence-corrected chi connectivity index (χ4v) is 3.93. The summed E-state index contributed by atoms with van der Waals surface area (Å²) >= 11 is 0. The Balaban J connectivity index is 2.00. The lowest BCUT2D eigenvalue weighted by atomic mass is 9.72. The highest BCUT2D eigenvalue weighted by Gasteiger charge is 2.36. The molecule has 1 unspecified atom stereocenters. The standard InChI is InChI=1S/C22H26N2O2/c23-20(25)5-2-12-22(21(24)26)14-18-10-7-16(8-11-18)6-9-17-3-1-4-19(13-17)15-22/h1,3-4,7-8,10-11,13H,2,5-6,9,12,14-15H2,(H2,23,25)(H2,24,26). The van der Waals surface area contributed by atoms with Gasteiger partial charge in [0.05, 0.1) is 5.41 Å². The summed E-state index contributed by atoms with van der Waals surface area (Å²) in [6.45, 7) is 0. The quantitative estimate of drug-likeness (QED) is 0.868. The zero-order valence-corrected chi connectivity index (χ0v) is 15.0. The number of fused-ring (bicyclic) bond motifs is 5. The van der Waals surface area contributed by atoms with Crippen LogP contribution in [0.15, 0.2) is 48.5 Å². The largest absolute Gasteiger partial charge is 0.370 e. The first kappa shape index (κ1) is 18.2. The molecule has 4 rings (SSSR count). The third-order valence-corrected chi connectivity index (χ3v) is 5.40. The molecule has 1 atom stereocenters. The van der Waals surface area contributed by atoms with Crippen molar-refractivity contribution in [2.45, 2.75) is 44.9 Å². The van der Waals surface area contributed by atoms with Crippen LogP contribution in [0.3, 0.4) is 0 Å². The maximum atomic E-state index is 12.6. The molecule has 0 heterocycles. The highest BCUT2D eigenvalue weighted by atomic mass is 16.1. The molecule has 4 N–H and O–H groups in total. The summed E-state index contributed by atoms with van der Waals surface area (Å²) in [5, 5.41) is 0. The monoisotopic (exact) mass is 350 g/mol. The molecule has 2 aliphatic rings. The molecular weight excluding hydrogens is 324 g/mol. The number of carbonyl (C=O) groups is 2. The summed E-state index contributed by atoms with van der Waals surface area (Å²) in [7, 11) is 0. The zero-order valence-electron chi connectivity index (χ0n) is 15.0. The van der Waals surface area contributed by atoms with Gasteiger partial charge in [-0.2, -0.15) is 0 Å². The van der Waals surface area contributed by atoms with E-state index in [-0.39, 0.29) is 18.2 Å². The Morgan fingerprint density at radius 3 is 2.15 bits per heavy atom. The van der Waals surface area contributed by atoms with Crippen LogP contribution in [0.1, 0.15) is 41.5 Å². The third-order valence-electron chi connectivity index (χ3n) is 5.40. The molecule has 26 heavy (non-hydrogen) atoms. The third kappa shape index (κ3) is 4.31. The van der Waals surface area contributed by atoms with Crippen LogP contribution in [0.25, 0.3) is 0 Å². The van der Waals surface area contributed by atoms with Crippen molar-refractivity contribution in [2.24, 2.45) is 16.9 Å². The predicted octanol–water partition coefficient (Wildman–Crippen LogP) is 2.70. The molecule has 0 spiro atoms. The van der Waals surface area contributed by atoms with Crippen molar-refractivity contribution in [3.05, 3.63) is 70.8 Å². The van der Waals surface area contributed by atoms with Gasteiger partial charge in [-0.25, -0.2) is 0 Å². The SMILES string of the molecule is NC(=O)CCCC1(C(N)=O)Cc2ccc(cc2)CCc2cccc(c2)C1. The first-order valence-corrected chi connectivity index (χ1v) is 9.21. The van der Waals surface area contributed by atoms with Gasteiger partial charge in [0.25, 0.3) is 0 Å². The van der Waals surface area contributed by atoms with E-state index in [2.05, 4.69) is 42.5 Å². The van der Waals surface area contributed by atoms with Gasteiger partial charge in [-0.1, -0.05) is 48.5 Å². The summed E-state index contributed by atoms with van der Waals surface area (Å²) in [5.74, 6) is -0.655. The number of aryl methyl sites for hydroxylation is 2. The minimum atomic E-state index is -0.714. The van der Waals surface area contributed by atoms with Gasteiger partial charge >= 0.3 is 0 Å². The second-order valence-electron chi connectivity index (χ2n) is 7.45. The number of hydrogen-bond acceptors (Lipinski definition) is 2. The van der Waals surface area contributed by atoms with Crippen LogP contribution < -0.4 is 11.5 Å². The van der Waals surface area contributed by atoms with Crippen LogP contribution in [-0.2, 0) is 35.3 Å². The Kier molecular flexibility index (Phi) is 5.40. The minimum Gasteiger partial charge on any atom is -0.370 e. The summed E-state index contributed by atoms with van der Waals surface area (Å²) in [6.07, 6.45) is 4.52. The van der Waals surface area contributed by atoms with Crippen LogP contribution in [-0.4, -0.2) is 11.8 Å². The van der Waals surface area contributed by atoms with Gasteiger partial charge in [-0.05, 0) is 60.8 Å². The maximum absolute atomic E-state index is 12.6. The number of carbonyl (C=O) groups excluding carboxylic acids is 2. The molecule has 0 saturated carbocycles. The average Bonchev–Trinajstić information content (AvgIpc) is 2.60. The lowest BCUT2D eigenvalue weighted by Gasteiger charge is -2.31. The Bertz CT molecular complexity index is 798. The Morgan fingerprint density at radius 1 is 0.846 bits per heavy atom. The zero-order chi connectivity index (χ0) is 18.6. The Morgan fingerprint density at radius 2 is 1.46 bits per heavy atom. The number of primary amides is 2. The number of amides is 2. The highest BCUT2D eigenvalue weighted by Crippen LogP contribution is 2.34. The number of benzene rings is 2. The van der Waals surface area contributed by atoms with Gasteiger partial charge in [0.15, 0.2) is 0 Å². The summed E-state index contributed by atoms with van der Waals surface area (Å²) in [4.78, 5) is 23.7. The number of rotatable bonds is 5. The van der Waals surface area contributed by atoms with Gasteiger partial charge in [0, 0.05) is 6.42 Å². The van der Waals surface area contributed by atoms with E-state index in [1.807, 2.05) is 6.07 Å². The second kappa shape index (κ2) is 7.73. The summed E-state index contributed by atoms with van der Waals surface area (Å²) < 4.78 is 0. The van der Waals surface area contributed by atoms with Gasteiger partial charge in [-0.15, -0.1) is 0 Å². The van der Waals surface area contributed by atoms with Crippen molar-refractivity contribution in [3.8, 4) is 0 Å². The van der Waals surface area contributed by atoms with Crippen LogP contribution >= 0.6 is 0 Å². The lowest BCUT2D eigenvalue weighted by molar-refractivity contribution is -0.128. The molecule has 136 valence electrons. The van der Waals surface area contributed by atoms with E-state index in [0.717, 1.165) is 24.0 Å². The van der Waals surface area contributed by atoms with Gasteiger partial charge in [-0.3, -0.25) is 9.59 Å². The molecule has 2 aromatic rings. The Hall–Kier alpha value is -2.62. The normalized spacial score (nSPS) is 19.4. The fraction of sp³-hybridized carbons (Fsp3) is 0.364.